The third kappa shape index (κ3) is 2.81. The van der Waals surface area contributed by atoms with Gasteiger partial charge in [0, 0.05) is 18.7 Å². The summed E-state index contributed by atoms with van der Waals surface area (Å²) in [6.45, 7) is 0. The number of halogens is 1. The van der Waals surface area contributed by atoms with Crippen LogP contribution in [0.25, 0.3) is 11.4 Å². The standard InChI is InChI=1S/C13H10ClN5S/c1-19-13(15-8-16-19)20-11-7-10(14)17-12(18-11)9-5-3-2-4-6-9/h2-8H,1H3. The van der Waals surface area contributed by atoms with Crippen molar-refractivity contribution in [2.24, 2.45) is 7.05 Å². The lowest BCUT2D eigenvalue weighted by Crippen LogP contribution is -1.95. The molecule has 2 aromatic heterocycles. The summed E-state index contributed by atoms with van der Waals surface area (Å²) < 4.78 is 1.68. The van der Waals surface area contributed by atoms with E-state index in [0.29, 0.717) is 11.0 Å². The van der Waals surface area contributed by atoms with Crippen LogP contribution in [0.3, 0.4) is 0 Å². The molecule has 0 atom stereocenters. The highest BCUT2D eigenvalue weighted by Gasteiger charge is 2.09. The molecule has 100 valence electrons. The largest absolute Gasteiger partial charge is 0.244 e. The lowest BCUT2D eigenvalue weighted by molar-refractivity contribution is 0.684. The molecule has 5 nitrogen and oxygen atoms in total. The van der Waals surface area contributed by atoms with E-state index >= 15 is 0 Å². The zero-order chi connectivity index (χ0) is 13.9. The predicted octanol–water partition coefficient (Wildman–Crippen LogP) is 3.08. The van der Waals surface area contributed by atoms with Crippen LogP contribution >= 0.6 is 23.4 Å². The molecule has 0 bridgehead atoms. The van der Waals surface area contributed by atoms with E-state index in [1.807, 2.05) is 37.4 Å². The Kier molecular flexibility index (Phi) is 3.66. The first kappa shape index (κ1) is 13.1. The van der Waals surface area contributed by atoms with Crippen molar-refractivity contribution in [2.45, 2.75) is 10.2 Å². The van der Waals surface area contributed by atoms with Gasteiger partial charge in [0.25, 0.3) is 0 Å². The molecular weight excluding hydrogens is 294 g/mol. The predicted molar refractivity (Wildman–Crippen MR) is 77.6 cm³/mol. The van der Waals surface area contributed by atoms with E-state index < -0.39 is 0 Å². The number of benzene rings is 1. The van der Waals surface area contributed by atoms with Gasteiger partial charge in [-0.3, -0.25) is 0 Å². The Bertz CT molecular complexity index is 729. The molecule has 0 aliphatic heterocycles. The van der Waals surface area contributed by atoms with Gasteiger partial charge in [0.1, 0.15) is 16.5 Å². The molecule has 0 spiro atoms. The lowest BCUT2D eigenvalue weighted by Gasteiger charge is -2.04. The van der Waals surface area contributed by atoms with Crippen molar-refractivity contribution in [2.75, 3.05) is 0 Å². The highest BCUT2D eigenvalue weighted by Crippen LogP contribution is 2.27. The minimum atomic E-state index is 0.406. The first-order valence-corrected chi connectivity index (χ1v) is 7.03. The fraction of sp³-hybridized carbons (Fsp3) is 0.0769. The van der Waals surface area contributed by atoms with Gasteiger partial charge in [-0.2, -0.15) is 5.10 Å². The minimum Gasteiger partial charge on any atom is -0.244 e. The van der Waals surface area contributed by atoms with Crippen LogP contribution in [0.2, 0.25) is 5.15 Å². The average Bonchev–Trinajstić information content (AvgIpc) is 2.85. The molecule has 0 aliphatic rings. The highest BCUT2D eigenvalue weighted by atomic mass is 35.5. The number of aryl methyl sites for hydroxylation is 1. The molecule has 0 radical (unpaired) electrons. The van der Waals surface area contributed by atoms with E-state index in [4.69, 9.17) is 11.6 Å². The Labute approximate surface area is 125 Å². The number of nitrogens with zero attached hydrogens (tertiary/aromatic N) is 5. The molecule has 7 heteroatoms. The zero-order valence-corrected chi connectivity index (χ0v) is 12.1. The molecule has 1 aromatic carbocycles. The van der Waals surface area contributed by atoms with E-state index in [1.165, 1.54) is 18.1 Å². The van der Waals surface area contributed by atoms with Gasteiger partial charge >= 0.3 is 0 Å². The van der Waals surface area contributed by atoms with Crippen molar-refractivity contribution < 1.29 is 0 Å². The van der Waals surface area contributed by atoms with E-state index in [2.05, 4.69) is 20.1 Å². The van der Waals surface area contributed by atoms with Gasteiger partial charge in [0.15, 0.2) is 11.0 Å². The Hall–Kier alpha value is -1.92. The van der Waals surface area contributed by atoms with Crippen molar-refractivity contribution in [1.82, 2.24) is 24.7 Å². The molecule has 0 saturated heterocycles. The molecule has 0 aliphatic carbocycles. The number of rotatable bonds is 3. The molecule has 0 unspecified atom stereocenters. The van der Waals surface area contributed by atoms with Crippen LogP contribution in [-0.4, -0.2) is 24.7 Å². The van der Waals surface area contributed by atoms with Crippen molar-refractivity contribution in [3.63, 3.8) is 0 Å². The van der Waals surface area contributed by atoms with E-state index in [-0.39, 0.29) is 0 Å². The summed E-state index contributed by atoms with van der Waals surface area (Å²) in [6.07, 6.45) is 1.50. The summed E-state index contributed by atoms with van der Waals surface area (Å²) in [7, 11) is 1.83. The van der Waals surface area contributed by atoms with Gasteiger partial charge in [-0.1, -0.05) is 41.9 Å². The van der Waals surface area contributed by atoms with Crippen LogP contribution in [0.4, 0.5) is 0 Å². The first-order valence-electron chi connectivity index (χ1n) is 5.84. The second-order valence-corrected chi connectivity index (χ2v) is 5.36. The summed E-state index contributed by atoms with van der Waals surface area (Å²) in [5.74, 6) is 0.600. The van der Waals surface area contributed by atoms with Gasteiger partial charge in [-0.05, 0) is 11.8 Å². The Morgan fingerprint density at radius 3 is 2.65 bits per heavy atom. The van der Waals surface area contributed by atoms with Crippen molar-refractivity contribution in [3.8, 4) is 11.4 Å². The topological polar surface area (TPSA) is 56.5 Å². The second kappa shape index (κ2) is 5.60. The summed E-state index contributed by atoms with van der Waals surface area (Å²) in [5, 5.41) is 5.92. The van der Waals surface area contributed by atoms with Gasteiger partial charge in [-0.25, -0.2) is 19.6 Å². The lowest BCUT2D eigenvalue weighted by atomic mass is 10.2. The van der Waals surface area contributed by atoms with Gasteiger partial charge < -0.3 is 0 Å². The third-order valence-corrected chi connectivity index (χ3v) is 3.73. The summed E-state index contributed by atoms with van der Waals surface area (Å²) in [4.78, 5) is 12.9. The van der Waals surface area contributed by atoms with Crippen LogP contribution in [0.15, 0.2) is 52.9 Å². The van der Waals surface area contributed by atoms with Gasteiger partial charge in [0.2, 0.25) is 0 Å². The van der Waals surface area contributed by atoms with Crippen LogP contribution in [0.1, 0.15) is 0 Å². The van der Waals surface area contributed by atoms with Crippen LogP contribution in [0.5, 0.6) is 0 Å². The monoisotopic (exact) mass is 303 g/mol. The molecule has 3 rings (SSSR count). The Morgan fingerprint density at radius 2 is 1.95 bits per heavy atom. The molecular formula is C13H10ClN5S. The molecule has 0 N–H and O–H groups in total. The summed E-state index contributed by atoms with van der Waals surface area (Å²) in [5.41, 5.74) is 0.926. The maximum absolute atomic E-state index is 6.07. The van der Waals surface area contributed by atoms with Gasteiger partial charge in [0.05, 0.1) is 0 Å². The fourth-order valence-corrected chi connectivity index (χ4v) is 2.65. The SMILES string of the molecule is Cn1ncnc1Sc1cc(Cl)nc(-c2ccccc2)n1. The van der Waals surface area contributed by atoms with Crippen LogP contribution in [0, 0.1) is 0 Å². The van der Waals surface area contributed by atoms with Crippen LogP contribution < -0.4 is 0 Å². The summed E-state index contributed by atoms with van der Waals surface area (Å²) >= 11 is 7.47. The zero-order valence-electron chi connectivity index (χ0n) is 10.6. The summed E-state index contributed by atoms with van der Waals surface area (Å²) in [6, 6.07) is 11.4. The van der Waals surface area contributed by atoms with E-state index in [0.717, 1.165) is 15.7 Å². The quantitative estimate of drug-likeness (QED) is 0.696. The molecule has 0 amide bonds. The first-order chi connectivity index (χ1) is 9.72. The van der Waals surface area contributed by atoms with Crippen molar-refractivity contribution >= 4 is 23.4 Å². The van der Waals surface area contributed by atoms with Crippen molar-refractivity contribution in [3.05, 3.63) is 47.9 Å². The van der Waals surface area contributed by atoms with E-state index in [1.54, 1.807) is 10.7 Å². The fourth-order valence-electron chi connectivity index (χ4n) is 1.64. The van der Waals surface area contributed by atoms with Gasteiger partial charge in [-0.15, -0.1) is 0 Å². The maximum atomic E-state index is 6.07. The van der Waals surface area contributed by atoms with Crippen molar-refractivity contribution in [1.29, 1.82) is 0 Å². The molecule has 3 aromatic rings. The highest BCUT2D eigenvalue weighted by molar-refractivity contribution is 7.99. The smallest absolute Gasteiger partial charge is 0.192 e. The van der Waals surface area contributed by atoms with Crippen LogP contribution in [-0.2, 0) is 7.05 Å². The Morgan fingerprint density at radius 1 is 1.15 bits per heavy atom. The average molecular weight is 304 g/mol. The normalized spacial score (nSPS) is 10.7. The minimum absolute atomic E-state index is 0.406. The molecule has 0 saturated carbocycles. The number of hydrogen-bond donors (Lipinski definition) is 0. The Balaban J connectivity index is 1.97. The molecule has 2 heterocycles. The second-order valence-electron chi connectivity index (χ2n) is 3.99. The maximum Gasteiger partial charge on any atom is 0.192 e. The third-order valence-electron chi connectivity index (χ3n) is 2.57. The van der Waals surface area contributed by atoms with E-state index in [9.17, 15) is 0 Å². The number of hydrogen-bond acceptors (Lipinski definition) is 5. The molecule has 20 heavy (non-hydrogen) atoms. The molecule has 0 fully saturated rings. The number of aromatic nitrogens is 5.